The van der Waals surface area contributed by atoms with Gasteiger partial charge in [-0.2, -0.15) is 0 Å². The van der Waals surface area contributed by atoms with Crippen molar-refractivity contribution in [3.63, 3.8) is 0 Å². The monoisotopic (exact) mass is 392 g/mol. The standard InChI is InChI=1S/C22H20N2O3S/c1-14-16-8-2-4-10-18(16)27-20(14)21(25)24(13-15-7-6-12-26-15)22-23-17-9-3-5-11-19(17)28-22/h2-5,8-11,15H,6-7,12-13H2,1H3. The Hall–Kier alpha value is -2.70. The lowest BCUT2D eigenvalue weighted by molar-refractivity contribution is 0.0896. The van der Waals surface area contributed by atoms with Crippen molar-refractivity contribution < 1.29 is 13.9 Å². The van der Waals surface area contributed by atoms with E-state index in [-0.39, 0.29) is 12.0 Å². The molecule has 0 radical (unpaired) electrons. The van der Waals surface area contributed by atoms with Crippen molar-refractivity contribution >= 4 is 43.6 Å². The van der Waals surface area contributed by atoms with Gasteiger partial charge in [0.2, 0.25) is 0 Å². The molecular formula is C22H20N2O3S. The highest BCUT2D eigenvalue weighted by Crippen LogP contribution is 2.33. The van der Waals surface area contributed by atoms with Crippen LogP contribution in [-0.4, -0.2) is 30.1 Å². The molecule has 1 saturated heterocycles. The lowest BCUT2D eigenvalue weighted by Gasteiger charge is -2.22. The summed E-state index contributed by atoms with van der Waals surface area (Å²) in [5.41, 5.74) is 2.48. The van der Waals surface area contributed by atoms with E-state index in [1.54, 1.807) is 4.90 Å². The minimum Gasteiger partial charge on any atom is -0.451 e. The van der Waals surface area contributed by atoms with Crippen LogP contribution in [0, 0.1) is 6.92 Å². The minimum absolute atomic E-state index is 0.0284. The molecular weight excluding hydrogens is 372 g/mol. The average molecular weight is 392 g/mol. The zero-order valence-electron chi connectivity index (χ0n) is 15.6. The van der Waals surface area contributed by atoms with E-state index in [0.29, 0.717) is 17.4 Å². The van der Waals surface area contributed by atoms with Crippen molar-refractivity contribution in [1.82, 2.24) is 4.98 Å². The molecule has 0 saturated carbocycles. The summed E-state index contributed by atoms with van der Waals surface area (Å²) in [7, 11) is 0. The molecule has 5 nitrogen and oxygen atoms in total. The predicted molar refractivity (Wildman–Crippen MR) is 111 cm³/mol. The molecule has 2 aromatic carbocycles. The molecule has 28 heavy (non-hydrogen) atoms. The summed E-state index contributed by atoms with van der Waals surface area (Å²) in [6.45, 7) is 3.16. The van der Waals surface area contributed by atoms with Crippen LogP contribution in [0.15, 0.2) is 52.9 Å². The fourth-order valence-electron chi connectivity index (χ4n) is 3.72. The van der Waals surface area contributed by atoms with Crippen molar-refractivity contribution in [2.45, 2.75) is 25.9 Å². The summed E-state index contributed by atoms with van der Waals surface area (Å²) in [6.07, 6.45) is 2.00. The van der Waals surface area contributed by atoms with Gasteiger partial charge in [0.05, 0.1) is 22.9 Å². The predicted octanol–water partition coefficient (Wildman–Crippen LogP) is 5.18. The maximum absolute atomic E-state index is 13.5. The van der Waals surface area contributed by atoms with Gasteiger partial charge in [-0.25, -0.2) is 4.98 Å². The fraction of sp³-hybridized carbons (Fsp3) is 0.273. The van der Waals surface area contributed by atoms with E-state index in [4.69, 9.17) is 14.1 Å². The molecule has 1 fully saturated rings. The number of fused-ring (bicyclic) bond motifs is 2. The first-order chi connectivity index (χ1) is 13.7. The number of benzene rings is 2. The summed E-state index contributed by atoms with van der Waals surface area (Å²) in [4.78, 5) is 20.0. The van der Waals surface area contributed by atoms with E-state index in [0.717, 1.165) is 46.2 Å². The van der Waals surface area contributed by atoms with Gasteiger partial charge in [0.1, 0.15) is 5.58 Å². The summed E-state index contributed by atoms with van der Waals surface area (Å²) in [5.74, 6) is 0.210. The van der Waals surface area contributed by atoms with Crippen LogP contribution >= 0.6 is 11.3 Å². The molecule has 0 aliphatic carbocycles. The Kier molecular flexibility index (Phi) is 4.37. The van der Waals surface area contributed by atoms with Crippen LogP contribution in [0.25, 0.3) is 21.2 Å². The number of nitrogens with zero attached hydrogens (tertiary/aromatic N) is 2. The SMILES string of the molecule is Cc1c(C(=O)N(CC2CCCO2)c2nc3ccccc3s2)oc2ccccc12. The molecule has 6 heteroatoms. The molecule has 0 N–H and O–H groups in total. The quantitative estimate of drug-likeness (QED) is 0.480. The first-order valence-electron chi connectivity index (χ1n) is 9.48. The Bertz CT molecular complexity index is 1120. The Morgan fingerprint density at radius 1 is 1.21 bits per heavy atom. The number of carbonyl (C=O) groups excluding carboxylic acids is 1. The molecule has 1 atom stereocenters. The molecule has 1 aliphatic rings. The van der Waals surface area contributed by atoms with Crippen LogP contribution in [0.3, 0.4) is 0 Å². The molecule has 1 amide bonds. The van der Waals surface area contributed by atoms with Crippen LogP contribution in [0.1, 0.15) is 29.0 Å². The van der Waals surface area contributed by atoms with Crippen LogP contribution in [-0.2, 0) is 4.74 Å². The lowest BCUT2D eigenvalue weighted by atomic mass is 10.1. The van der Waals surface area contributed by atoms with Crippen molar-refractivity contribution in [3.8, 4) is 0 Å². The van der Waals surface area contributed by atoms with Gasteiger partial charge < -0.3 is 9.15 Å². The summed E-state index contributed by atoms with van der Waals surface area (Å²) in [6, 6.07) is 15.7. The number of ether oxygens (including phenoxy) is 1. The highest BCUT2D eigenvalue weighted by atomic mass is 32.1. The Morgan fingerprint density at radius 3 is 2.82 bits per heavy atom. The second-order valence-corrected chi connectivity index (χ2v) is 8.08. The zero-order valence-corrected chi connectivity index (χ0v) is 16.4. The first kappa shape index (κ1) is 17.4. The number of hydrogen-bond acceptors (Lipinski definition) is 5. The number of rotatable bonds is 4. The highest BCUT2D eigenvalue weighted by molar-refractivity contribution is 7.22. The van der Waals surface area contributed by atoms with E-state index in [2.05, 4.69) is 0 Å². The smallest absolute Gasteiger partial charge is 0.296 e. The highest BCUT2D eigenvalue weighted by Gasteiger charge is 2.30. The largest absolute Gasteiger partial charge is 0.451 e. The number of thiazole rings is 1. The third-order valence-corrected chi connectivity index (χ3v) is 6.27. The van der Waals surface area contributed by atoms with Crippen molar-refractivity contribution in [1.29, 1.82) is 0 Å². The normalized spacial score (nSPS) is 16.8. The topological polar surface area (TPSA) is 55.6 Å². The molecule has 142 valence electrons. The van der Waals surface area contributed by atoms with Gasteiger partial charge in [-0.1, -0.05) is 41.7 Å². The van der Waals surface area contributed by atoms with E-state index in [9.17, 15) is 4.79 Å². The Morgan fingerprint density at radius 2 is 2.04 bits per heavy atom. The van der Waals surface area contributed by atoms with Crippen molar-refractivity contribution in [2.24, 2.45) is 0 Å². The molecule has 0 spiro atoms. The van der Waals surface area contributed by atoms with Gasteiger partial charge >= 0.3 is 0 Å². The number of furan rings is 1. The van der Waals surface area contributed by atoms with Gasteiger partial charge in [0.25, 0.3) is 5.91 Å². The van der Waals surface area contributed by atoms with E-state index < -0.39 is 0 Å². The number of carbonyl (C=O) groups is 1. The maximum atomic E-state index is 13.5. The summed E-state index contributed by atoms with van der Waals surface area (Å²) in [5, 5.41) is 1.65. The first-order valence-corrected chi connectivity index (χ1v) is 10.3. The molecule has 4 aromatic rings. The van der Waals surface area contributed by atoms with Crippen LogP contribution < -0.4 is 4.90 Å². The lowest BCUT2D eigenvalue weighted by Crippen LogP contribution is -2.37. The average Bonchev–Trinajstić information content (AvgIpc) is 3.44. The number of para-hydroxylation sites is 2. The molecule has 5 rings (SSSR count). The van der Waals surface area contributed by atoms with E-state index in [1.807, 2.05) is 55.5 Å². The number of anilines is 1. The van der Waals surface area contributed by atoms with Gasteiger partial charge in [-0.3, -0.25) is 9.69 Å². The summed E-state index contributed by atoms with van der Waals surface area (Å²) >= 11 is 1.52. The molecule has 1 unspecified atom stereocenters. The Labute approximate surface area is 166 Å². The van der Waals surface area contributed by atoms with Gasteiger partial charge in [-0.15, -0.1) is 0 Å². The Balaban J connectivity index is 1.57. The molecule has 3 heterocycles. The molecule has 2 aromatic heterocycles. The summed E-state index contributed by atoms with van der Waals surface area (Å²) < 4.78 is 12.8. The molecule has 0 bridgehead atoms. The number of aryl methyl sites for hydroxylation is 1. The number of amides is 1. The van der Waals surface area contributed by atoms with Crippen LogP contribution in [0.5, 0.6) is 0 Å². The third-order valence-electron chi connectivity index (χ3n) is 5.21. The zero-order chi connectivity index (χ0) is 19.1. The fourth-order valence-corrected chi connectivity index (χ4v) is 4.69. The number of aromatic nitrogens is 1. The van der Waals surface area contributed by atoms with E-state index >= 15 is 0 Å². The second-order valence-electron chi connectivity index (χ2n) is 7.07. The molecule has 1 aliphatic heterocycles. The third kappa shape index (κ3) is 2.99. The maximum Gasteiger partial charge on any atom is 0.296 e. The minimum atomic E-state index is -0.164. The van der Waals surface area contributed by atoms with Crippen molar-refractivity contribution in [3.05, 3.63) is 59.9 Å². The van der Waals surface area contributed by atoms with Gasteiger partial charge in [0.15, 0.2) is 10.9 Å². The van der Waals surface area contributed by atoms with Crippen LogP contribution in [0.4, 0.5) is 5.13 Å². The second kappa shape index (κ2) is 7.04. The van der Waals surface area contributed by atoms with Crippen molar-refractivity contribution in [2.75, 3.05) is 18.1 Å². The van der Waals surface area contributed by atoms with Gasteiger partial charge in [-0.05, 0) is 38.0 Å². The van der Waals surface area contributed by atoms with Gasteiger partial charge in [0, 0.05) is 17.6 Å². The number of hydrogen-bond donors (Lipinski definition) is 0. The van der Waals surface area contributed by atoms with Crippen LogP contribution in [0.2, 0.25) is 0 Å². The van der Waals surface area contributed by atoms with E-state index in [1.165, 1.54) is 11.3 Å².